The predicted octanol–water partition coefficient (Wildman–Crippen LogP) is 3.50. The summed E-state index contributed by atoms with van der Waals surface area (Å²) in [6.07, 6.45) is 1.48. The van der Waals surface area contributed by atoms with Gasteiger partial charge in [-0.05, 0) is 50.1 Å². The molecule has 0 amide bonds. The fourth-order valence-corrected chi connectivity index (χ4v) is 2.02. The molecule has 1 N–H and O–H groups in total. The van der Waals surface area contributed by atoms with Crippen LogP contribution in [0.15, 0.2) is 33.3 Å². The molecule has 0 radical (unpaired) electrons. The summed E-state index contributed by atoms with van der Waals surface area (Å²) in [7, 11) is 1.47. The average Bonchev–Trinajstić information content (AvgIpc) is 2.43. The highest BCUT2D eigenvalue weighted by Gasteiger charge is 2.12. The molecule has 0 aliphatic heterocycles. The first-order valence-corrected chi connectivity index (χ1v) is 6.87. The first kappa shape index (κ1) is 14.7. The molecule has 1 aromatic heterocycles. The van der Waals surface area contributed by atoms with Crippen LogP contribution in [0.25, 0.3) is 0 Å². The van der Waals surface area contributed by atoms with Crippen molar-refractivity contribution in [2.75, 3.05) is 7.11 Å². The van der Waals surface area contributed by atoms with Gasteiger partial charge in [0.1, 0.15) is 5.75 Å². The lowest BCUT2D eigenvalue weighted by molar-refractivity contribution is 0.0696. The van der Waals surface area contributed by atoms with E-state index in [0.717, 1.165) is 0 Å². The first-order valence-electron chi connectivity index (χ1n) is 5.28. The minimum atomic E-state index is -1.04. The fraction of sp³-hybridized carbons (Fsp3) is 0.0833. The van der Waals surface area contributed by atoms with Gasteiger partial charge in [0.05, 0.1) is 27.8 Å². The van der Waals surface area contributed by atoms with E-state index < -0.39 is 5.97 Å². The van der Waals surface area contributed by atoms with E-state index in [9.17, 15) is 4.79 Å². The maximum atomic E-state index is 10.9. The topological polar surface area (TPSA) is 81.5 Å². The number of nitrogens with zero attached hydrogens (tertiary/aromatic N) is 2. The van der Waals surface area contributed by atoms with Crippen LogP contribution < -0.4 is 9.47 Å². The first-order chi connectivity index (χ1) is 9.51. The maximum Gasteiger partial charge on any atom is 0.335 e. The molecule has 0 fully saturated rings. The Morgan fingerprint density at radius 2 is 2.05 bits per heavy atom. The molecule has 0 aliphatic carbocycles. The second-order valence-electron chi connectivity index (χ2n) is 3.56. The lowest BCUT2D eigenvalue weighted by Crippen LogP contribution is -1.99. The number of carbonyl (C=O) groups is 1. The number of halogens is 2. The van der Waals surface area contributed by atoms with Gasteiger partial charge in [0, 0.05) is 0 Å². The molecule has 0 aliphatic rings. The van der Waals surface area contributed by atoms with Gasteiger partial charge >= 0.3 is 12.0 Å². The second-order valence-corrected chi connectivity index (χ2v) is 5.27. The quantitative estimate of drug-likeness (QED) is 0.841. The Hall–Kier alpha value is -1.67. The van der Waals surface area contributed by atoms with Gasteiger partial charge in [0.15, 0.2) is 0 Å². The second kappa shape index (κ2) is 6.19. The third-order valence-electron chi connectivity index (χ3n) is 2.26. The molecule has 0 saturated carbocycles. The number of benzene rings is 1. The fourth-order valence-electron chi connectivity index (χ4n) is 1.34. The van der Waals surface area contributed by atoms with Crippen LogP contribution in [0, 0.1) is 0 Å². The van der Waals surface area contributed by atoms with E-state index in [2.05, 4.69) is 41.8 Å². The third-order valence-corrected chi connectivity index (χ3v) is 3.46. The summed E-state index contributed by atoms with van der Waals surface area (Å²) in [5.74, 6) is -0.425. The van der Waals surface area contributed by atoms with Crippen molar-refractivity contribution in [2.24, 2.45) is 0 Å². The average molecular weight is 404 g/mol. The van der Waals surface area contributed by atoms with E-state index in [1.54, 1.807) is 6.07 Å². The van der Waals surface area contributed by atoms with Crippen LogP contribution in [0.5, 0.6) is 17.6 Å². The number of hydrogen-bond donors (Lipinski definition) is 1. The van der Waals surface area contributed by atoms with Crippen molar-refractivity contribution >= 4 is 37.8 Å². The number of aromatic carboxylic acids is 1. The number of carboxylic acids is 1. The highest BCUT2D eigenvalue weighted by Crippen LogP contribution is 2.31. The van der Waals surface area contributed by atoms with Crippen LogP contribution >= 0.6 is 31.9 Å². The highest BCUT2D eigenvalue weighted by atomic mass is 79.9. The molecule has 6 nitrogen and oxygen atoms in total. The van der Waals surface area contributed by atoms with Gasteiger partial charge in [-0.3, -0.25) is 0 Å². The molecule has 0 atom stereocenters. The van der Waals surface area contributed by atoms with Gasteiger partial charge in [-0.1, -0.05) is 0 Å². The van der Waals surface area contributed by atoms with E-state index >= 15 is 0 Å². The highest BCUT2D eigenvalue weighted by molar-refractivity contribution is 9.10. The lowest BCUT2D eigenvalue weighted by Gasteiger charge is -2.08. The number of aromatic nitrogens is 2. The zero-order valence-electron chi connectivity index (χ0n) is 10.1. The number of methoxy groups -OCH3 is 1. The molecule has 1 heterocycles. The van der Waals surface area contributed by atoms with E-state index in [1.165, 1.54) is 25.4 Å². The molecule has 1 aromatic carbocycles. The van der Waals surface area contributed by atoms with Crippen molar-refractivity contribution in [3.63, 3.8) is 0 Å². The zero-order valence-corrected chi connectivity index (χ0v) is 13.3. The molecule has 0 bridgehead atoms. The monoisotopic (exact) mass is 402 g/mol. The standard InChI is InChI=1S/C12H8Br2N2O4/c1-19-10-8(14)5-15-12(16-10)20-9-4-6(11(17)18)2-3-7(9)13/h2-5H,1H3,(H,17,18). The molecule has 8 heteroatoms. The molecule has 2 rings (SSSR count). The molecular weight excluding hydrogens is 396 g/mol. The largest absolute Gasteiger partial charge is 0.480 e. The van der Waals surface area contributed by atoms with Crippen LogP contribution in [0.4, 0.5) is 0 Å². The molecule has 0 saturated heterocycles. The number of hydrogen-bond acceptors (Lipinski definition) is 5. The maximum absolute atomic E-state index is 10.9. The van der Waals surface area contributed by atoms with Gasteiger partial charge in [0.25, 0.3) is 0 Å². The minimum absolute atomic E-state index is 0.0493. The van der Waals surface area contributed by atoms with Gasteiger partial charge in [0.2, 0.25) is 5.88 Å². The van der Waals surface area contributed by atoms with Crippen molar-refractivity contribution in [3.05, 3.63) is 38.9 Å². The van der Waals surface area contributed by atoms with Crippen molar-refractivity contribution in [3.8, 4) is 17.6 Å². The normalized spacial score (nSPS) is 10.2. The predicted molar refractivity (Wildman–Crippen MR) is 77.5 cm³/mol. The van der Waals surface area contributed by atoms with Crippen LogP contribution in [0.1, 0.15) is 10.4 Å². The van der Waals surface area contributed by atoms with Crippen molar-refractivity contribution in [1.29, 1.82) is 0 Å². The SMILES string of the molecule is COc1nc(Oc2cc(C(=O)O)ccc2Br)ncc1Br. The van der Waals surface area contributed by atoms with Gasteiger partial charge in [-0.25, -0.2) is 9.78 Å². The van der Waals surface area contributed by atoms with Crippen molar-refractivity contribution in [2.45, 2.75) is 0 Å². The number of carboxylic acid groups (broad SMARTS) is 1. The van der Waals surface area contributed by atoms with E-state index in [-0.39, 0.29) is 11.6 Å². The smallest absolute Gasteiger partial charge is 0.335 e. The van der Waals surface area contributed by atoms with Crippen LogP contribution in [0.2, 0.25) is 0 Å². The number of rotatable bonds is 4. The summed E-state index contributed by atoms with van der Waals surface area (Å²) in [5, 5.41) is 8.96. The summed E-state index contributed by atoms with van der Waals surface area (Å²) < 4.78 is 11.7. The molecular formula is C12H8Br2N2O4. The van der Waals surface area contributed by atoms with Gasteiger partial charge in [-0.15, -0.1) is 0 Å². The summed E-state index contributed by atoms with van der Waals surface area (Å²) in [5.41, 5.74) is 0.104. The van der Waals surface area contributed by atoms with Crippen LogP contribution in [-0.4, -0.2) is 28.2 Å². The molecule has 0 spiro atoms. The summed E-state index contributed by atoms with van der Waals surface area (Å²) in [6, 6.07) is 4.47. The molecule has 104 valence electrons. The number of ether oxygens (including phenoxy) is 2. The molecule has 0 unspecified atom stereocenters. The molecule has 2 aromatic rings. The summed E-state index contributed by atoms with van der Waals surface area (Å²) in [6.45, 7) is 0. The summed E-state index contributed by atoms with van der Waals surface area (Å²) >= 11 is 6.50. The van der Waals surface area contributed by atoms with Crippen LogP contribution in [0.3, 0.4) is 0 Å². The van der Waals surface area contributed by atoms with Gasteiger partial charge in [-0.2, -0.15) is 4.98 Å². The Labute approximate surface area is 131 Å². The van der Waals surface area contributed by atoms with Crippen LogP contribution in [-0.2, 0) is 0 Å². The van der Waals surface area contributed by atoms with E-state index in [1.807, 2.05) is 0 Å². The Kier molecular flexibility index (Phi) is 4.56. The lowest BCUT2D eigenvalue weighted by atomic mass is 10.2. The Morgan fingerprint density at radius 1 is 1.30 bits per heavy atom. The van der Waals surface area contributed by atoms with Gasteiger partial charge < -0.3 is 14.6 Å². The Morgan fingerprint density at radius 3 is 2.70 bits per heavy atom. The van der Waals surface area contributed by atoms with E-state index in [4.69, 9.17) is 14.6 Å². The van der Waals surface area contributed by atoms with Crippen molar-refractivity contribution in [1.82, 2.24) is 9.97 Å². The van der Waals surface area contributed by atoms with E-state index in [0.29, 0.717) is 20.6 Å². The Bertz CT molecular complexity index is 664. The minimum Gasteiger partial charge on any atom is -0.480 e. The molecule has 20 heavy (non-hydrogen) atoms. The zero-order chi connectivity index (χ0) is 14.7. The van der Waals surface area contributed by atoms with Crippen molar-refractivity contribution < 1.29 is 19.4 Å². The third kappa shape index (κ3) is 3.26. The Balaban J connectivity index is 2.34. The summed E-state index contributed by atoms with van der Waals surface area (Å²) in [4.78, 5) is 18.9.